The number of hydrogen-bond acceptors (Lipinski definition) is 10. The SMILES string of the molecule is C[C@H]1CC[C@@H]([C@H](O)c2cccc(OCc3ccccc3)c2)N1C(=O)OC(C)(C)C.Cc1ccc(S(=O)(=O)C[C@H]2CC[C@@H]([C@H](O)c3cccc(OCc4ccccc4)c3)N2C(=O)OC(C)(C)C)cc1. The molecular weight excluding hydrogens is 881 g/mol. The van der Waals surface area contributed by atoms with Crippen LogP contribution in [-0.2, 0) is 32.5 Å². The van der Waals surface area contributed by atoms with Gasteiger partial charge in [-0.2, -0.15) is 0 Å². The minimum absolute atomic E-state index is 0.0296. The minimum Gasteiger partial charge on any atom is -0.489 e. The fraction of sp³-hybridized carbons (Fsp3) is 0.418. The van der Waals surface area contributed by atoms with Crippen LogP contribution in [0.1, 0.15) is 114 Å². The molecule has 2 saturated heterocycles. The van der Waals surface area contributed by atoms with E-state index < -0.39 is 51.4 Å². The molecule has 2 heterocycles. The van der Waals surface area contributed by atoms with E-state index in [1.54, 1.807) is 68.1 Å². The highest BCUT2D eigenvalue weighted by Gasteiger charge is 2.45. The number of ether oxygens (including phenoxy) is 4. The third kappa shape index (κ3) is 14.3. The number of carbonyl (C=O) groups is 2. The van der Waals surface area contributed by atoms with Crippen molar-refractivity contribution in [1.82, 2.24) is 9.80 Å². The first-order valence-corrected chi connectivity index (χ1v) is 25.0. The number of hydrogen-bond donors (Lipinski definition) is 2. The monoisotopic (exact) mass is 948 g/mol. The van der Waals surface area contributed by atoms with Crippen LogP contribution in [0.25, 0.3) is 0 Å². The lowest BCUT2D eigenvalue weighted by Crippen LogP contribution is -2.48. The molecular formula is C55H68N2O10S. The quantitative estimate of drug-likeness (QED) is 0.117. The van der Waals surface area contributed by atoms with E-state index in [0.717, 1.165) is 35.1 Å². The van der Waals surface area contributed by atoms with Crippen molar-refractivity contribution in [1.29, 1.82) is 0 Å². The van der Waals surface area contributed by atoms with Gasteiger partial charge in [-0.25, -0.2) is 18.0 Å². The van der Waals surface area contributed by atoms with Crippen LogP contribution >= 0.6 is 0 Å². The Hall–Kier alpha value is -5.89. The van der Waals surface area contributed by atoms with E-state index in [2.05, 4.69) is 0 Å². The summed E-state index contributed by atoms with van der Waals surface area (Å²) in [5, 5.41) is 22.5. The van der Waals surface area contributed by atoms with Gasteiger partial charge in [0.15, 0.2) is 9.84 Å². The molecule has 2 aliphatic heterocycles. The van der Waals surface area contributed by atoms with Crippen molar-refractivity contribution < 1.29 is 47.2 Å². The first-order chi connectivity index (χ1) is 32.2. The highest BCUT2D eigenvalue weighted by atomic mass is 32.2. The summed E-state index contributed by atoms with van der Waals surface area (Å²) >= 11 is 0. The molecule has 13 heteroatoms. The molecule has 0 unspecified atom stereocenters. The number of sulfone groups is 1. The first-order valence-electron chi connectivity index (χ1n) is 23.4. The number of aryl methyl sites for hydroxylation is 1. The van der Waals surface area contributed by atoms with Crippen molar-refractivity contribution in [3.05, 3.63) is 161 Å². The van der Waals surface area contributed by atoms with Gasteiger partial charge in [0.1, 0.15) is 35.9 Å². The lowest BCUT2D eigenvalue weighted by molar-refractivity contribution is -0.00346. The molecule has 0 radical (unpaired) electrons. The Morgan fingerprint density at radius 2 is 1.04 bits per heavy atom. The van der Waals surface area contributed by atoms with Crippen LogP contribution in [0.3, 0.4) is 0 Å². The van der Waals surface area contributed by atoms with Gasteiger partial charge in [-0.05, 0) is 140 Å². The van der Waals surface area contributed by atoms with Crippen molar-refractivity contribution in [3.8, 4) is 11.5 Å². The number of nitrogens with zero attached hydrogens (tertiary/aromatic N) is 2. The average Bonchev–Trinajstić information content (AvgIpc) is 3.90. The van der Waals surface area contributed by atoms with E-state index in [-0.39, 0.29) is 28.8 Å². The van der Waals surface area contributed by atoms with Gasteiger partial charge in [-0.1, -0.05) is 103 Å². The number of rotatable bonds is 13. The number of aliphatic hydroxyl groups excluding tert-OH is 2. The van der Waals surface area contributed by atoms with Crippen LogP contribution in [0.5, 0.6) is 11.5 Å². The molecule has 7 rings (SSSR count). The molecule has 0 saturated carbocycles. The van der Waals surface area contributed by atoms with Crippen LogP contribution in [0.4, 0.5) is 9.59 Å². The highest BCUT2D eigenvalue weighted by molar-refractivity contribution is 7.91. The third-order valence-electron chi connectivity index (χ3n) is 11.9. The summed E-state index contributed by atoms with van der Waals surface area (Å²) in [4.78, 5) is 29.4. The maximum Gasteiger partial charge on any atom is 0.410 e. The van der Waals surface area contributed by atoms with Gasteiger partial charge in [0.25, 0.3) is 0 Å². The van der Waals surface area contributed by atoms with Gasteiger partial charge < -0.3 is 29.2 Å². The number of amides is 2. The largest absolute Gasteiger partial charge is 0.489 e. The fourth-order valence-electron chi connectivity index (χ4n) is 8.54. The number of carbonyl (C=O) groups excluding carboxylic acids is 2. The standard InChI is InChI=1S/C31H37NO6S.C24H31NO4/c1-22-13-16-27(17-14-22)39(35,36)21-25-15-18-28(32(25)30(34)38-31(2,3)4)29(33)24-11-8-12-26(19-24)37-20-23-9-6-5-7-10-23;1-17-13-14-21(25(17)23(27)29-24(2,3)4)22(26)19-11-8-12-20(15-19)28-16-18-9-6-5-7-10-18/h5-14,16-17,19,25,28-29,33H,15,18,20-21H2,1-4H3;5-12,15,17,21-22,26H,13-14,16H2,1-4H3/t25-,28+,29-;17-,21-,22+/m10/s1. The van der Waals surface area contributed by atoms with Gasteiger partial charge >= 0.3 is 12.2 Å². The van der Waals surface area contributed by atoms with Crippen molar-refractivity contribution in [2.75, 3.05) is 5.75 Å². The molecule has 68 heavy (non-hydrogen) atoms. The second-order valence-corrected chi connectivity index (χ2v) is 21.8. The summed E-state index contributed by atoms with van der Waals surface area (Å²) in [6.07, 6.45) is -0.424. The second kappa shape index (κ2) is 22.5. The molecule has 0 aromatic heterocycles. The van der Waals surface area contributed by atoms with Crippen LogP contribution in [-0.4, -0.2) is 81.7 Å². The summed E-state index contributed by atoms with van der Waals surface area (Å²) in [5.41, 5.74) is 3.04. The Morgan fingerprint density at radius 1 is 0.603 bits per heavy atom. The third-order valence-corrected chi connectivity index (χ3v) is 13.7. The van der Waals surface area contributed by atoms with Gasteiger partial charge in [-0.3, -0.25) is 9.80 Å². The molecule has 0 spiro atoms. The number of aliphatic hydroxyl groups is 2. The van der Waals surface area contributed by atoms with E-state index in [9.17, 15) is 28.2 Å². The predicted octanol–water partition coefficient (Wildman–Crippen LogP) is 10.9. The van der Waals surface area contributed by atoms with Crippen LogP contribution in [0.2, 0.25) is 0 Å². The first kappa shape index (κ1) is 51.5. The molecule has 2 fully saturated rings. The minimum atomic E-state index is -3.68. The average molecular weight is 949 g/mol. The van der Waals surface area contributed by atoms with E-state index >= 15 is 0 Å². The molecule has 0 bridgehead atoms. The predicted molar refractivity (Wildman–Crippen MR) is 263 cm³/mol. The van der Waals surface area contributed by atoms with E-state index in [1.807, 2.05) is 126 Å². The molecule has 5 aromatic carbocycles. The van der Waals surface area contributed by atoms with E-state index in [4.69, 9.17) is 18.9 Å². The van der Waals surface area contributed by atoms with Crippen LogP contribution < -0.4 is 9.47 Å². The Labute approximate surface area is 402 Å². The Kier molecular flexibility index (Phi) is 17.0. The molecule has 2 N–H and O–H groups in total. The lowest BCUT2D eigenvalue weighted by atomic mass is 10.00. The van der Waals surface area contributed by atoms with Crippen molar-refractivity contribution >= 4 is 22.0 Å². The Balaban J connectivity index is 0.000000234. The van der Waals surface area contributed by atoms with Gasteiger partial charge in [0, 0.05) is 12.1 Å². The molecule has 2 amide bonds. The van der Waals surface area contributed by atoms with Crippen molar-refractivity contribution in [2.24, 2.45) is 0 Å². The topological polar surface area (TPSA) is 152 Å². The maximum absolute atomic E-state index is 13.4. The van der Waals surface area contributed by atoms with Crippen LogP contribution in [0, 0.1) is 6.92 Å². The number of benzene rings is 5. The molecule has 5 aromatic rings. The summed E-state index contributed by atoms with van der Waals surface area (Å²) in [6, 6.07) is 39.5. The van der Waals surface area contributed by atoms with Gasteiger partial charge in [-0.15, -0.1) is 0 Å². The molecule has 6 atom stereocenters. The molecule has 12 nitrogen and oxygen atoms in total. The highest BCUT2D eigenvalue weighted by Crippen LogP contribution is 2.38. The zero-order chi connectivity index (χ0) is 49.2. The zero-order valence-corrected chi connectivity index (χ0v) is 41.4. The molecule has 0 aliphatic carbocycles. The fourth-order valence-corrected chi connectivity index (χ4v) is 10.1. The lowest BCUT2D eigenvalue weighted by Gasteiger charge is -2.34. The summed E-state index contributed by atoms with van der Waals surface area (Å²) < 4.78 is 49.6. The molecule has 364 valence electrons. The van der Waals surface area contributed by atoms with E-state index in [1.165, 1.54) is 4.90 Å². The smallest absolute Gasteiger partial charge is 0.410 e. The summed E-state index contributed by atoms with van der Waals surface area (Å²) in [5.74, 6) is 1.04. The maximum atomic E-state index is 13.4. The van der Waals surface area contributed by atoms with Crippen molar-refractivity contribution in [3.63, 3.8) is 0 Å². The number of likely N-dealkylation sites (tertiary alicyclic amines) is 2. The summed E-state index contributed by atoms with van der Waals surface area (Å²) in [6.45, 7) is 15.6. The van der Waals surface area contributed by atoms with Gasteiger partial charge in [0.05, 0.1) is 34.9 Å². The van der Waals surface area contributed by atoms with Gasteiger partial charge in [0.2, 0.25) is 0 Å². The summed E-state index contributed by atoms with van der Waals surface area (Å²) in [7, 11) is -3.68. The van der Waals surface area contributed by atoms with E-state index in [0.29, 0.717) is 43.1 Å². The zero-order valence-electron chi connectivity index (χ0n) is 40.6. The molecule has 2 aliphatic rings. The second-order valence-electron chi connectivity index (χ2n) is 19.7. The Bertz CT molecular complexity index is 2520. The Morgan fingerprint density at radius 3 is 1.51 bits per heavy atom. The van der Waals surface area contributed by atoms with Crippen LogP contribution in [0.15, 0.2) is 138 Å². The van der Waals surface area contributed by atoms with Crippen molar-refractivity contribution in [2.45, 2.75) is 147 Å². The normalized spacial score (nSPS) is 19.3.